The van der Waals surface area contributed by atoms with Gasteiger partial charge in [0, 0.05) is 5.56 Å². The molecule has 2 aromatic rings. The topological polar surface area (TPSA) is 95.1 Å². The number of benzene rings is 2. The summed E-state index contributed by atoms with van der Waals surface area (Å²) in [6.07, 6.45) is 0. The first kappa shape index (κ1) is 24.8. The molecule has 0 aliphatic rings. The van der Waals surface area contributed by atoms with Gasteiger partial charge in [0.15, 0.2) is 11.5 Å². The maximum atomic E-state index is 12.9. The Hall–Kier alpha value is -3.49. The first-order valence-corrected chi connectivity index (χ1v) is 10.1. The summed E-state index contributed by atoms with van der Waals surface area (Å²) < 4.78 is 34.2. The summed E-state index contributed by atoms with van der Waals surface area (Å²) in [6, 6.07) is 7.86. The van der Waals surface area contributed by atoms with Gasteiger partial charge < -0.3 is 29.6 Å². The molecule has 2 N–H and O–H groups in total. The zero-order chi connectivity index (χ0) is 23.7. The molecule has 8 nitrogen and oxygen atoms in total. The third-order valence-corrected chi connectivity index (χ3v) is 4.65. The number of hydrogen-bond donors (Lipinski definition) is 2. The van der Waals surface area contributed by atoms with Crippen molar-refractivity contribution in [2.75, 3.05) is 34.5 Å². The monoisotopic (exact) mass is 448 g/mol. The molecule has 0 aliphatic carbocycles. The largest absolute Gasteiger partial charge is 0.493 e. The normalized spacial score (nSPS) is 11.5. The van der Waals surface area contributed by atoms with Gasteiger partial charge in [0.05, 0.1) is 27.9 Å². The van der Waals surface area contributed by atoms with E-state index >= 15 is 0 Å². The summed E-state index contributed by atoms with van der Waals surface area (Å²) in [5.74, 6) is 0.208. The highest BCUT2D eigenvalue weighted by atomic mass is 19.1. The summed E-state index contributed by atoms with van der Waals surface area (Å²) in [5.41, 5.74) is 0.262. The summed E-state index contributed by atoms with van der Waals surface area (Å²) >= 11 is 0. The number of carbonyl (C=O) groups is 2. The van der Waals surface area contributed by atoms with E-state index in [9.17, 15) is 14.0 Å². The second-order valence-electron chi connectivity index (χ2n) is 7.20. The molecule has 0 fully saturated rings. The lowest BCUT2D eigenvalue weighted by atomic mass is 10.0. The van der Waals surface area contributed by atoms with Crippen LogP contribution in [0.15, 0.2) is 36.4 Å². The van der Waals surface area contributed by atoms with Crippen LogP contribution in [0.2, 0.25) is 0 Å². The van der Waals surface area contributed by atoms with Crippen molar-refractivity contribution in [3.63, 3.8) is 0 Å². The van der Waals surface area contributed by atoms with Crippen LogP contribution in [0.4, 0.5) is 4.39 Å². The van der Waals surface area contributed by atoms with Crippen molar-refractivity contribution in [1.82, 2.24) is 10.6 Å². The van der Waals surface area contributed by atoms with Crippen molar-refractivity contribution in [2.45, 2.75) is 19.9 Å². The molecule has 0 spiro atoms. The highest BCUT2D eigenvalue weighted by molar-refractivity contribution is 5.98. The minimum Gasteiger partial charge on any atom is -0.493 e. The van der Waals surface area contributed by atoms with Crippen molar-refractivity contribution < 1.29 is 32.9 Å². The molecule has 0 bridgehead atoms. The van der Waals surface area contributed by atoms with Crippen LogP contribution in [0.1, 0.15) is 24.2 Å². The predicted molar refractivity (Wildman–Crippen MR) is 117 cm³/mol. The van der Waals surface area contributed by atoms with Crippen LogP contribution in [0, 0.1) is 11.7 Å². The fourth-order valence-electron chi connectivity index (χ4n) is 2.96. The molecular weight excluding hydrogens is 419 g/mol. The van der Waals surface area contributed by atoms with E-state index in [2.05, 4.69) is 10.6 Å². The Balaban J connectivity index is 2.00. The number of ether oxygens (including phenoxy) is 4. The van der Waals surface area contributed by atoms with Gasteiger partial charge >= 0.3 is 0 Å². The minimum absolute atomic E-state index is 0.168. The molecular formula is C23H29FN2O6. The van der Waals surface area contributed by atoms with Gasteiger partial charge in [-0.1, -0.05) is 13.8 Å². The lowest BCUT2D eigenvalue weighted by molar-refractivity contribution is -0.124. The second kappa shape index (κ2) is 11.8. The molecule has 9 heteroatoms. The molecule has 1 atom stereocenters. The molecule has 174 valence electrons. The number of methoxy groups -OCH3 is 3. The molecule has 1 unspecified atom stereocenters. The Kier molecular flexibility index (Phi) is 9.12. The number of amides is 2. The van der Waals surface area contributed by atoms with Crippen molar-refractivity contribution in [1.29, 1.82) is 0 Å². The third kappa shape index (κ3) is 6.50. The van der Waals surface area contributed by atoms with E-state index in [4.69, 9.17) is 18.9 Å². The van der Waals surface area contributed by atoms with Gasteiger partial charge in [0.2, 0.25) is 11.7 Å². The maximum absolute atomic E-state index is 12.9. The number of nitrogens with one attached hydrogen (secondary N) is 2. The van der Waals surface area contributed by atoms with Crippen LogP contribution in [-0.2, 0) is 4.79 Å². The molecule has 0 saturated carbocycles. The Labute approximate surface area is 187 Å². The smallest absolute Gasteiger partial charge is 0.252 e. The molecule has 0 radical (unpaired) electrons. The Morgan fingerprint density at radius 2 is 1.56 bits per heavy atom. The summed E-state index contributed by atoms with van der Waals surface area (Å²) in [5, 5.41) is 5.50. The van der Waals surface area contributed by atoms with E-state index in [1.807, 2.05) is 13.8 Å². The maximum Gasteiger partial charge on any atom is 0.252 e. The Bertz CT molecular complexity index is 892. The minimum atomic E-state index is -0.771. The number of halogens is 1. The third-order valence-electron chi connectivity index (χ3n) is 4.65. The van der Waals surface area contributed by atoms with Gasteiger partial charge in [0.1, 0.15) is 24.2 Å². The zero-order valence-corrected chi connectivity index (χ0v) is 18.9. The first-order valence-electron chi connectivity index (χ1n) is 10.1. The van der Waals surface area contributed by atoms with Gasteiger partial charge in [-0.2, -0.15) is 0 Å². The van der Waals surface area contributed by atoms with Crippen molar-refractivity contribution >= 4 is 11.8 Å². The molecule has 32 heavy (non-hydrogen) atoms. The van der Waals surface area contributed by atoms with Crippen LogP contribution >= 0.6 is 0 Å². The number of carbonyl (C=O) groups excluding carboxylic acids is 2. The molecule has 2 amide bonds. The van der Waals surface area contributed by atoms with Crippen LogP contribution in [0.5, 0.6) is 23.0 Å². The molecule has 0 aromatic heterocycles. The lowest BCUT2D eigenvalue weighted by Crippen LogP contribution is -2.50. The van der Waals surface area contributed by atoms with E-state index in [-0.39, 0.29) is 36.4 Å². The average molecular weight is 448 g/mol. The number of rotatable bonds is 11. The predicted octanol–water partition coefficient (Wildman–Crippen LogP) is 2.80. The van der Waals surface area contributed by atoms with E-state index in [1.54, 1.807) is 0 Å². The molecule has 2 rings (SSSR count). The van der Waals surface area contributed by atoms with Crippen molar-refractivity contribution in [2.24, 2.45) is 5.92 Å². The van der Waals surface area contributed by atoms with Crippen molar-refractivity contribution in [3.8, 4) is 23.0 Å². The highest BCUT2D eigenvalue weighted by Gasteiger charge is 2.26. The quantitative estimate of drug-likeness (QED) is 0.514. The lowest BCUT2D eigenvalue weighted by Gasteiger charge is -2.22. The van der Waals surface area contributed by atoms with Gasteiger partial charge in [-0.25, -0.2) is 4.39 Å². The molecule has 0 saturated heterocycles. The summed E-state index contributed by atoms with van der Waals surface area (Å²) in [6.45, 7) is 4.08. The molecule has 0 aliphatic heterocycles. The standard InChI is InChI=1S/C23H29FN2O6/c1-14(2)20(23(28)25-10-11-32-17-8-6-16(24)7-9-17)26-22(27)15-12-18(29-3)21(31-5)19(13-15)30-4/h6-9,12-14,20H,10-11H2,1-5H3,(H,25,28)(H,26,27). The summed E-state index contributed by atoms with van der Waals surface area (Å²) in [7, 11) is 4.38. The Morgan fingerprint density at radius 1 is 0.969 bits per heavy atom. The second-order valence-corrected chi connectivity index (χ2v) is 7.20. The van der Waals surface area contributed by atoms with Gasteiger partial charge in [-0.3, -0.25) is 9.59 Å². The van der Waals surface area contributed by atoms with Crippen LogP contribution in [0.3, 0.4) is 0 Å². The highest BCUT2D eigenvalue weighted by Crippen LogP contribution is 2.38. The van der Waals surface area contributed by atoms with E-state index in [1.165, 1.54) is 57.7 Å². The SMILES string of the molecule is COc1cc(C(=O)NC(C(=O)NCCOc2ccc(F)cc2)C(C)C)cc(OC)c1OC. The van der Waals surface area contributed by atoms with Crippen LogP contribution < -0.4 is 29.6 Å². The fraction of sp³-hybridized carbons (Fsp3) is 0.391. The van der Waals surface area contributed by atoms with E-state index in [0.717, 1.165) is 0 Å². The molecule has 0 heterocycles. The van der Waals surface area contributed by atoms with Gasteiger partial charge in [-0.15, -0.1) is 0 Å². The Morgan fingerprint density at radius 3 is 2.06 bits per heavy atom. The van der Waals surface area contributed by atoms with E-state index < -0.39 is 11.9 Å². The van der Waals surface area contributed by atoms with Crippen LogP contribution in [-0.4, -0.2) is 52.3 Å². The zero-order valence-electron chi connectivity index (χ0n) is 18.9. The van der Waals surface area contributed by atoms with Gasteiger partial charge in [-0.05, 0) is 42.3 Å². The summed E-state index contributed by atoms with van der Waals surface area (Å²) in [4.78, 5) is 25.5. The van der Waals surface area contributed by atoms with E-state index in [0.29, 0.717) is 23.0 Å². The van der Waals surface area contributed by atoms with Crippen LogP contribution in [0.25, 0.3) is 0 Å². The molecule has 2 aromatic carbocycles. The average Bonchev–Trinajstić information content (AvgIpc) is 2.79. The fourth-order valence-corrected chi connectivity index (χ4v) is 2.96. The van der Waals surface area contributed by atoms with Gasteiger partial charge in [0.25, 0.3) is 5.91 Å². The van der Waals surface area contributed by atoms with Crippen molar-refractivity contribution in [3.05, 3.63) is 47.8 Å². The first-order chi connectivity index (χ1) is 15.3. The number of hydrogen-bond acceptors (Lipinski definition) is 6.